The minimum atomic E-state index is 1.12. The molecule has 25 heavy (non-hydrogen) atoms. The van der Waals surface area contributed by atoms with Crippen LogP contribution >= 0.6 is 0 Å². The monoisotopic (exact) mass is 331 g/mol. The van der Waals surface area contributed by atoms with Crippen LogP contribution in [0.4, 0.5) is 0 Å². The maximum atomic E-state index is 3.86. The van der Waals surface area contributed by atoms with Gasteiger partial charge in [0.2, 0.25) is 0 Å². The molecule has 0 bridgehead atoms. The van der Waals surface area contributed by atoms with Crippen molar-refractivity contribution in [1.29, 1.82) is 0 Å². The molecule has 0 aromatic heterocycles. The van der Waals surface area contributed by atoms with E-state index in [-0.39, 0.29) is 0 Å². The zero-order valence-electron chi connectivity index (χ0n) is 13.7. The smallest absolute Gasteiger partial charge is 0.0632 e. The fraction of sp³-hybridized carbons (Fsp3) is 0. The van der Waals surface area contributed by atoms with Crippen molar-refractivity contribution in [1.82, 2.24) is 0 Å². The first-order valence-electron chi connectivity index (χ1n) is 8.48. The van der Waals surface area contributed by atoms with Crippen molar-refractivity contribution in [2.45, 2.75) is 0 Å². The fourth-order valence-electron chi connectivity index (χ4n) is 3.91. The van der Waals surface area contributed by atoms with E-state index in [1.165, 1.54) is 44.5 Å². The van der Waals surface area contributed by atoms with E-state index in [4.69, 9.17) is 0 Å². The summed E-state index contributed by atoms with van der Waals surface area (Å²) < 4.78 is 0. The number of benzene rings is 4. The first kappa shape index (κ1) is 14.4. The van der Waals surface area contributed by atoms with Crippen LogP contribution in [-0.2, 0) is 0 Å². The molecule has 5 rings (SSSR count). The third-order valence-electron chi connectivity index (χ3n) is 4.99. The molecular formula is C24H15Si. The second-order valence-electron chi connectivity index (χ2n) is 6.36. The molecule has 0 saturated carbocycles. The average Bonchev–Trinajstić information content (AvgIpc) is 2.67. The highest BCUT2D eigenvalue weighted by Crippen LogP contribution is 2.46. The SMILES string of the molecule is [Si]c1cccc2c1-c1ccccc1-c1ccccc1-c1ccccc1-2. The van der Waals surface area contributed by atoms with Gasteiger partial charge in [-0.15, -0.1) is 0 Å². The highest BCUT2D eigenvalue weighted by Gasteiger charge is 2.21. The molecule has 4 aromatic carbocycles. The Morgan fingerprint density at radius 3 is 1.24 bits per heavy atom. The van der Waals surface area contributed by atoms with Crippen LogP contribution in [0.1, 0.15) is 0 Å². The average molecular weight is 331 g/mol. The Morgan fingerprint density at radius 1 is 0.360 bits per heavy atom. The summed E-state index contributed by atoms with van der Waals surface area (Å²) in [7, 11) is 3.86. The zero-order valence-corrected chi connectivity index (χ0v) is 14.7. The highest BCUT2D eigenvalue weighted by atomic mass is 28.1. The van der Waals surface area contributed by atoms with E-state index in [2.05, 4.69) is 101 Å². The van der Waals surface area contributed by atoms with E-state index in [1.807, 2.05) is 0 Å². The van der Waals surface area contributed by atoms with E-state index < -0.39 is 0 Å². The molecular weight excluding hydrogens is 316 g/mol. The quantitative estimate of drug-likeness (QED) is 0.330. The molecule has 0 spiro atoms. The first-order chi connectivity index (χ1) is 12.3. The molecule has 4 aromatic rings. The maximum Gasteiger partial charge on any atom is 0.0720 e. The van der Waals surface area contributed by atoms with Gasteiger partial charge in [-0.3, -0.25) is 0 Å². The summed E-state index contributed by atoms with van der Waals surface area (Å²) >= 11 is 0. The normalized spacial score (nSPS) is 11.4. The molecule has 1 aliphatic rings. The van der Waals surface area contributed by atoms with Crippen LogP contribution in [0.2, 0.25) is 0 Å². The van der Waals surface area contributed by atoms with Gasteiger partial charge in [-0.25, -0.2) is 0 Å². The Balaban J connectivity index is 2.03. The highest BCUT2D eigenvalue weighted by molar-refractivity contribution is 6.37. The molecule has 0 N–H and O–H groups in total. The van der Waals surface area contributed by atoms with Gasteiger partial charge in [-0.2, -0.15) is 0 Å². The van der Waals surface area contributed by atoms with Crippen molar-refractivity contribution < 1.29 is 0 Å². The van der Waals surface area contributed by atoms with Gasteiger partial charge in [0, 0.05) is 0 Å². The molecule has 0 unspecified atom stereocenters. The van der Waals surface area contributed by atoms with Crippen molar-refractivity contribution in [3.63, 3.8) is 0 Å². The van der Waals surface area contributed by atoms with Crippen molar-refractivity contribution in [2.24, 2.45) is 0 Å². The largest absolute Gasteiger partial charge is 0.0720 e. The second-order valence-corrected chi connectivity index (χ2v) is 6.90. The Kier molecular flexibility index (Phi) is 3.22. The van der Waals surface area contributed by atoms with E-state index >= 15 is 0 Å². The lowest BCUT2D eigenvalue weighted by atomic mass is 9.81. The first-order valence-corrected chi connectivity index (χ1v) is 8.98. The van der Waals surface area contributed by atoms with Crippen LogP contribution in [0.15, 0.2) is 91.0 Å². The Labute approximate surface area is 151 Å². The molecule has 0 saturated heterocycles. The third-order valence-corrected chi connectivity index (χ3v) is 5.40. The molecule has 0 amide bonds. The lowest BCUT2D eigenvalue weighted by Gasteiger charge is -2.24. The molecule has 0 aliphatic heterocycles. The Hall–Kier alpha value is -2.90. The van der Waals surface area contributed by atoms with Crippen LogP contribution in [0.5, 0.6) is 0 Å². The van der Waals surface area contributed by atoms with Crippen LogP contribution in [0.25, 0.3) is 44.5 Å². The van der Waals surface area contributed by atoms with Crippen molar-refractivity contribution >= 4 is 15.4 Å². The predicted molar refractivity (Wildman–Crippen MR) is 107 cm³/mol. The van der Waals surface area contributed by atoms with Gasteiger partial charge in [0.1, 0.15) is 0 Å². The molecule has 0 heterocycles. The van der Waals surface area contributed by atoms with Gasteiger partial charge < -0.3 is 0 Å². The van der Waals surface area contributed by atoms with Crippen molar-refractivity contribution in [3.8, 4) is 44.5 Å². The number of hydrogen-bond donors (Lipinski definition) is 0. The molecule has 0 fully saturated rings. The van der Waals surface area contributed by atoms with Crippen LogP contribution < -0.4 is 5.19 Å². The van der Waals surface area contributed by atoms with E-state index in [0.717, 1.165) is 5.19 Å². The topological polar surface area (TPSA) is 0 Å². The zero-order chi connectivity index (χ0) is 16.8. The van der Waals surface area contributed by atoms with E-state index in [9.17, 15) is 0 Å². The predicted octanol–water partition coefficient (Wildman–Crippen LogP) is 5.46. The Morgan fingerprint density at radius 2 is 0.720 bits per heavy atom. The van der Waals surface area contributed by atoms with Gasteiger partial charge in [-0.1, -0.05) is 96.2 Å². The van der Waals surface area contributed by atoms with Gasteiger partial charge >= 0.3 is 0 Å². The summed E-state index contributed by atoms with van der Waals surface area (Å²) in [5, 5.41) is 1.12. The summed E-state index contributed by atoms with van der Waals surface area (Å²) in [6.45, 7) is 0. The minimum absolute atomic E-state index is 1.12. The van der Waals surface area contributed by atoms with Gasteiger partial charge in [0.25, 0.3) is 0 Å². The van der Waals surface area contributed by atoms with E-state index in [1.54, 1.807) is 0 Å². The molecule has 0 nitrogen and oxygen atoms in total. The van der Waals surface area contributed by atoms with Gasteiger partial charge in [0.05, 0.1) is 10.2 Å². The summed E-state index contributed by atoms with van der Waals surface area (Å²) in [6.07, 6.45) is 0. The third kappa shape index (κ3) is 2.13. The lowest BCUT2D eigenvalue weighted by molar-refractivity contribution is 1.53. The molecule has 3 radical (unpaired) electrons. The second kappa shape index (κ2) is 5.57. The van der Waals surface area contributed by atoms with Crippen LogP contribution in [0.3, 0.4) is 0 Å². The Bertz CT molecular complexity index is 1100. The standard InChI is InChI=1S/C24H15Si/c25-23-15-7-14-22-20-11-4-3-10-18(20)16-8-1-2-9-17(16)19-12-5-6-13-21(19)24(22)23/h1-15H. The summed E-state index contributed by atoms with van der Waals surface area (Å²) in [5.41, 5.74) is 10.2. The fourth-order valence-corrected chi connectivity index (χ4v) is 4.27. The molecule has 1 aliphatic carbocycles. The molecule has 115 valence electrons. The lowest BCUT2D eigenvalue weighted by Crippen LogP contribution is -2.10. The van der Waals surface area contributed by atoms with E-state index in [0.29, 0.717) is 0 Å². The number of hydrogen-bond acceptors (Lipinski definition) is 0. The van der Waals surface area contributed by atoms with Gasteiger partial charge in [0.15, 0.2) is 0 Å². The maximum absolute atomic E-state index is 3.86. The molecule has 0 atom stereocenters. The van der Waals surface area contributed by atoms with Crippen LogP contribution in [0, 0.1) is 0 Å². The summed E-state index contributed by atoms with van der Waals surface area (Å²) in [5.74, 6) is 0. The van der Waals surface area contributed by atoms with Crippen LogP contribution in [-0.4, -0.2) is 10.2 Å². The number of rotatable bonds is 0. The number of fused-ring (bicyclic) bond motifs is 8. The molecule has 1 heteroatoms. The minimum Gasteiger partial charge on any atom is -0.0632 e. The summed E-state index contributed by atoms with van der Waals surface area (Å²) in [6, 6.07) is 32.6. The summed E-state index contributed by atoms with van der Waals surface area (Å²) in [4.78, 5) is 0. The van der Waals surface area contributed by atoms with Gasteiger partial charge in [-0.05, 0) is 44.5 Å². The van der Waals surface area contributed by atoms with Crippen molar-refractivity contribution in [3.05, 3.63) is 91.0 Å². The van der Waals surface area contributed by atoms with Crippen molar-refractivity contribution in [2.75, 3.05) is 0 Å².